The summed E-state index contributed by atoms with van der Waals surface area (Å²) in [4.78, 5) is 0. The summed E-state index contributed by atoms with van der Waals surface area (Å²) in [6.45, 7) is 3.36. The summed E-state index contributed by atoms with van der Waals surface area (Å²) >= 11 is 0. The van der Waals surface area contributed by atoms with Gasteiger partial charge in [0.05, 0.1) is 26.4 Å². The van der Waals surface area contributed by atoms with Gasteiger partial charge in [0.25, 0.3) is 0 Å². The molecule has 0 rings (SSSR count). The minimum absolute atomic E-state index is 0.0224. The summed E-state index contributed by atoms with van der Waals surface area (Å²) in [7, 11) is 0. The van der Waals surface area contributed by atoms with Gasteiger partial charge in [0.1, 0.15) is 6.10 Å². The minimum Gasteiger partial charge on any atom is -0.394 e. The molecule has 2 N–H and O–H groups in total. The molecule has 0 saturated carbocycles. The second-order valence-electron chi connectivity index (χ2n) is 2.83. The fourth-order valence-electron chi connectivity index (χ4n) is 0.834. The van der Waals surface area contributed by atoms with E-state index >= 15 is 0 Å². The van der Waals surface area contributed by atoms with Crippen LogP contribution in [0.1, 0.15) is 19.8 Å². The highest BCUT2D eigenvalue weighted by molar-refractivity contribution is 4.53. The second kappa shape index (κ2) is 9.92. The van der Waals surface area contributed by atoms with Gasteiger partial charge in [-0.3, -0.25) is 0 Å². The summed E-state index contributed by atoms with van der Waals surface area (Å²) in [5.41, 5.74) is 0. The molecule has 0 aliphatic heterocycles. The Bertz CT molecular complexity index is 97.6. The predicted molar refractivity (Wildman–Crippen MR) is 49.6 cm³/mol. The van der Waals surface area contributed by atoms with Crippen molar-refractivity contribution < 1.29 is 19.7 Å². The Morgan fingerprint density at radius 3 is 2.54 bits per heavy atom. The highest BCUT2D eigenvalue weighted by Crippen LogP contribution is 1.94. The molecule has 80 valence electrons. The lowest BCUT2D eigenvalue weighted by molar-refractivity contribution is -0.0513. The largest absolute Gasteiger partial charge is 0.394 e. The summed E-state index contributed by atoms with van der Waals surface area (Å²) < 4.78 is 10.4. The van der Waals surface area contributed by atoms with Gasteiger partial charge in [0.2, 0.25) is 0 Å². The number of aliphatic hydroxyl groups is 2. The molecular weight excluding hydrogens is 172 g/mol. The van der Waals surface area contributed by atoms with E-state index in [1.54, 1.807) is 0 Å². The lowest BCUT2D eigenvalue weighted by Gasteiger charge is -2.14. The number of ether oxygens (including phenoxy) is 2. The van der Waals surface area contributed by atoms with E-state index in [-0.39, 0.29) is 25.9 Å². The average Bonchev–Trinajstić information content (AvgIpc) is 2.17. The summed E-state index contributed by atoms with van der Waals surface area (Å²) in [5, 5.41) is 17.3. The minimum atomic E-state index is -0.302. The first-order chi connectivity index (χ1) is 6.35. The van der Waals surface area contributed by atoms with Gasteiger partial charge in [-0.05, 0) is 6.42 Å². The molecule has 0 bridgehead atoms. The Morgan fingerprint density at radius 2 is 2.00 bits per heavy atom. The van der Waals surface area contributed by atoms with Crippen molar-refractivity contribution in [2.24, 2.45) is 0 Å². The van der Waals surface area contributed by atoms with Gasteiger partial charge in [-0.25, -0.2) is 0 Å². The van der Waals surface area contributed by atoms with Gasteiger partial charge in [0, 0.05) is 6.61 Å². The highest BCUT2D eigenvalue weighted by atomic mass is 16.5. The molecule has 0 radical (unpaired) electrons. The van der Waals surface area contributed by atoms with Crippen molar-refractivity contribution >= 4 is 0 Å². The quantitative estimate of drug-likeness (QED) is 0.511. The van der Waals surface area contributed by atoms with E-state index in [9.17, 15) is 0 Å². The zero-order valence-electron chi connectivity index (χ0n) is 8.24. The standard InChI is InChI=1S/C9H20O4/c1-2-3-5-12-8-9(7-11)13-6-4-10/h9-11H,2-8H2,1H3. The van der Waals surface area contributed by atoms with Crippen LogP contribution in [0.4, 0.5) is 0 Å². The van der Waals surface area contributed by atoms with E-state index in [4.69, 9.17) is 19.7 Å². The molecule has 0 heterocycles. The van der Waals surface area contributed by atoms with Crippen LogP contribution in [0.15, 0.2) is 0 Å². The topological polar surface area (TPSA) is 58.9 Å². The maximum Gasteiger partial charge on any atom is 0.104 e. The van der Waals surface area contributed by atoms with Gasteiger partial charge < -0.3 is 19.7 Å². The van der Waals surface area contributed by atoms with Crippen LogP contribution in [-0.4, -0.2) is 49.4 Å². The molecule has 13 heavy (non-hydrogen) atoms. The third kappa shape index (κ3) is 8.18. The molecule has 0 saturated heterocycles. The van der Waals surface area contributed by atoms with Crippen LogP contribution in [0.2, 0.25) is 0 Å². The van der Waals surface area contributed by atoms with Crippen LogP contribution >= 0.6 is 0 Å². The Morgan fingerprint density at radius 1 is 1.23 bits per heavy atom. The Balaban J connectivity index is 3.25. The average molecular weight is 192 g/mol. The summed E-state index contributed by atoms with van der Waals surface area (Å²) in [6.07, 6.45) is 1.82. The molecule has 0 aliphatic carbocycles. The summed E-state index contributed by atoms with van der Waals surface area (Å²) in [6, 6.07) is 0. The van der Waals surface area contributed by atoms with Crippen LogP contribution in [0.3, 0.4) is 0 Å². The van der Waals surface area contributed by atoms with Crippen molar-refractivity contribution in [1.82, 2.24) is 0 Å². The van der Waals surface area contributed by atoms with Gasteiger partial charge in [-0.2, -0.15) is 0 Å². The number of unbranched alkanes of at least 4 members (excludes halogenated alkanes) is 1. The monoisotopic (exact) mass is 192 g/mol. The predicted octanol–water partition coefficient (Wildman–Crippen LogP) is 0.173. The smallest absolute Gasteiger partial charge is 0.104 e. The lowest BCUT2D eigenvalue weighted by atomic mass is 10.3. The molecule has 4 nitrogen and oxygen atoms in total. The van der Waals surface area contributed by atoms with E-state index in [0.29, 0.717) is 13.2 Å². The van der Waals surface area contributed by atoms with E-state index in [0.717, 1.165) is 12.8 Å². The molecule has 1 atom stereocenters. The third-order valence-electron chi connectivity index (χ3n) is 1.59. The van der Waals surface area contributed by atoms with Crippen LogP contribution < -0.4 is 0 Å². The molecule has 0 amide bonds. The van der Waals surface area contributed by atoms with Crippen LogP contribution in [0.25, 0.3) is 0 Å². The Labute approximate surface area is 79.5 Å². The molecule has 4 heteroatoms. The van der Waals surface area contributed by atoms with Crippen molar-refractivity contribution in [2.45, 2.75) is 25.9 Å². The maximum atomic E-state index is 8.82. The first-order valence-electron chi connectivity index (χ1n) is 4.76. The number of aliphatic hydroxyl groups excluding tert-OH is 2. The van der Waals surface area contributed by atoms with E-state index in [1.165, 1.54) is 0 Å². The third-order valence-corrected chi connectivity index (χ3v) is 1.59. The van der Waals surface area contributed by atoms with Crippen molar-refractivity contribution in [2.75, 3.05) is 33.0 Å². The van der Waals surface area contributed by atoms with Gasteiger partial charge in [-0.15, -0.1) is 0 Å². The van der Waals surface area contributed by atoms with Crippen molar-refractivity contribution in [1.29, 1.82) is 0 Å². The summed E-state index contributed by atoms with van der Waals surface area (Å²) in [5.74, 6) is 0. The van der Waals surface area contributed by atoms with Crippen LogP contribution in [0.5, 0.6) is 0 Å². The van der Waals surface area contributed by atoms with Gasteiger partial charge in [0.15, 0.2) is 0 Å². The van der Waals surface area contributed by atoms with E-state index < -0.39 is 0 Å². The number of hydrogen-bond acceptors (Lipinski definition) is 4. The number of rotatable bonds is 9. The maximum absolute atomic E-state index is 8.82. The fraction of sp³-hybridized carbons (Fsp3) is 1.00. The second-order valence-corrected chi connectivity index (χ2v) is 2.83. The molecule has 0 aliphatic rings. The first-order valence-corrected chi connectivity index (χ1v) is 4.76. The zero-order valence-corrected chi connectivity index (χ0v) is 8.24. The molecule has 0 aromatic heterocycles. The van der Waals surface area contributed by atoms with Crippen molar-refractivity contribution in [3.05, 3.63) is 0 Å². The highest BCUT2D eigenvalue weighted by Gasteiger charge is 2.06. The van der Waals surface area contributed by atoms with E-state index in [2.05, 4.69) is 6.92 Å². The zero-order chi connectivity index (χ0) is 9.94. The Kier molecular flexibility index (Phi) is 9.80. The first kappa shape index (κ1) is 12.8. The van der Waals surface area contributed by atoms with Gasteiger partial charge >= 0.3 is 0 Å². The molecule has 0 fully saturated rings. The Hall–Kier alpha value is -0.160. The van der Waals surface area contributed by atoms with Gasteiger partial charge in [-0.1, -0.05) is 13.3 Å². The normalized spacial score (nSPS) is 13.2. The molecule has 0 aromatic carbocycles. The van der Waals surface area contributed by atoms with Crippen molar-refractivity contribution in [3.8, 4) is 0 Å². The molecular formula is C9H20O4. The molecule has 0 aromatic rings. The fourth-order valence-corrected chi connectivity index (χ4v) is 0.834. The van der Waals surface area contributed by atoms with Crippen LogP contribution in [0, 0.1) is 0 Å². The van der Waals surface area contributed by atoms with Crippen molar-refractivity contribution in [3.63, 3.8) is 0 Å². The van der Waals surface area contributed by atoms with E-state index in [1.807, 2.05) is 0 Å². The SMILES string of the molecule is CCCCOCC(CO)OCCO. The molecule has 1 unspecified atom stereocenters. The van der Waals surface area contributed by atoms with Crippen LogP contribution in [-0.2, 0) is 9.47 Å². The lowest BCUT2D eigenvalue weighted by Crippen LogP contribution is -2.25. The number of hydrogen-bond donors (Lipinski definition) is 2. The molecule has 0 spiro atoms.